The minimum absolute atomic E-state index is 0.00524. The number of benzene rings is 2. The van der Waals surface area contributed by atoms with Gasteiger partial charge in [-0.3, -0.25) is 9.69 Å². The molecule has 2 aliphatic rings. The molecule has 1 fully saturated rings. The monoisotopic (exact) mass is 573 g/mol. The molecule has 1 aliphatic heterocycles. The van der Waals surface area contributed by atoms with Crippen LogP contribution in [0.3, 0.4) is 0 Å². The van der Waals surface area contributed by atoms with Crippen LogP contribution in [0, 0.1) is 15.2 Å². The van der Waals surface area contributed by atoms with Crippen molar-refractivity contribution in [3.05, 3.63) is 57.7 Å². The molecular formula is C20H14F2IN3O3S2. The Bertz CT molecular complexity index is 1390. The fraction of sp³-hybridized carbons (Fsp3) is 0.250. The van der Waals surface area contributed by atoms with Gasteiger partial charge < -0.3 is 0 Å². The van der Waals surface area contributed by atoms with E-state index >= 15 is 4.39 Å². The lowest BCUT2D eigenvalue weighted by Crippen LogP contribution is -2.35. The first kappa shape index (κ1) is 20.9. The Morgan fingerprint density at radius 1 is 1.32 bits per heavy atom. The number of carbonyl (C=O) groups excluding carboxylic acids is 1. The molecule has 1 atom stereocenters. The molecule has 3 aromatic rings. The summed E-state index contributed by atoms with van der Waals surface area (Å²) < 4.78 is 61.2. The normalized spacial score (nSPS) is 19.6. The molecule has 6 nitrogen and oxygen atoms in total. The van der Waals surface area contributed by atoms with Gasteiger partial charge in [0.2, 0.25) is 0 Å². The first-order valence-electron chi connectivity index (χ1n) is 9.30. The van der Waals surface area contributed by atoms with Gasteiger partial charge in [0, 0.05) is 9.13 Å². The van der Waals surface area contributed by atoms with Gasteiger partial charge in [0.15, 0.2) is 20.9 Å². The highest BCUT2D eigenvalue weighted by Crippen LogP contribution is 2.57. The number of fused-ring (bicyclic) bond motifs is 2. The summed E-state index contributed by atoms with van der Waals surface area (Å²) in [6.45, 7) is 3.63. The molecule has 0 spiro atoms. The molecule has 1 aromatic heterocycles. The molecule has 0 bridgehead atoms. The number of nitrogens with zero attached hydrogens (tertiary/aromatic N) is 3. The van der Waals surface area contributed by atoms with Crippen LogP contribution in [-0.2, 0) is 14.6 Å². The topological polar surface area (TPSA) is 80.2 Å². The van der Waals surface area contributed by atoms with E-state index in [0.29, 0.717) is 21.1 Å². The Morgan fingerprint density at radius 3 is 2.71 bits per heavy atom. The number of sulfone groups is 1. The third-order valence-corrected chi connectivity index (χ3v) is 10.0. The largest absolute Gasteiger partial charge is 0.273 e. The van der Waals surface area contributed by atoms with E-state index in [2.05, 4.69) is 16.2 Å². The molecular weight excluding hydrogens is 559 g/mol. The molecule has 2 heterocycles. The number of rotatable bonds is 5. The van der Waals surface area contributed by atoms with E-state index in [1.807, 2.05) is 22.6 Å². The number of anilines is 2. The predicted octanol–water partition coefficient (Wildman–Crippen LogP) is 4.82. The summed E-state index contributed by atoms with van der Waals surface area (Å²) in [5.74, 6) is -2.54. The lowest BCUT2D eigenvalue weighted by atomic mass is 10.1. The zero-order chi connectivity index (χ0) is 22.1. The summed E-state index contributed by atoms with van der Waals surface area (Å²) in [7, 11) is -4.07. The number of allylic oxidation sites excluding steroid dienone is 1. The van der Waals surface area contributed by atoms with Crippen LogP contribution in [0.4, 0.5) is 20.2 Å². The van der Waals surface area contributed by atoms with Crippen molar-refractivity contribution in [3.8, 4) is 0 Å². The van der Waals surface area contributed by atoms with Crippen LogP contribution < -0.4 is 4.90 Å². The van der Waals surface area contributed by atoms with Gasteiger partial charge in [-0.05, 0) is 77.7 Å². The summed E-state index contributed by atoms with van der Waals surface area (Å²) in [6, 6.07) is 5.54. The van der Waals surface area contributed by atoms with Crippen molar-refractivity contribution in [2.45, 2.75) is 29.3 Å². The van der Waals surface area contributed by atoms with Crippen LogP contribution in [-0.4, -0.2) is 28.7 Å². The van der Waals surface area contributed by atoms with Crippen LogP contribution in [0.15, 0.2) is 36.9 Å². The first-order valence-corrected chi connectivity index (χ1v) is 12.7. The van der Waals surface area contributed by atoms with E-state index in [9.17, 15) is 17.6 Å². The summed E-state index contributed by atoms with van der Waals surface area (Å²) in [5, 5.41) is 2.13. The second kappa shape index (κ2) is 7.01. The summed E-state index contributed by atoms with van der Waals surface area (Å²) in [6.07, 6.45) is 2.49. The third-order valence-electron chi connectivity index (χ3n) is 5.83. The first-order chi connectivity index (χ1) is 14.7. The summed E-state index contributed by atoms with van der Waals surface area (Å²) >= 11 is 2.81. The Balaban J connectivity index is 1.79. The van der Waals surface area contributed by atoms with Gasteiger partial charge in [-0.15, -0.1) is 11.7 Å². The van der Waals surface area contributed by atoms with Gasteiger partial charge in [0.25, 0.3) is 5.91 Å². The molecule has 1 amide bonds. The molecule has 31 heavy (non-hydrogen) atoms. The second-order valence-electron chi connectivity index (χ2n) is 7.62. The van der Waals surface area contributed by atoms with E-state index in [-0.39, 0.29) is 28.9 Å². The summed E-state index contributed by atoms with van der Waals surface area (Å²) in [4.78, 5) is 14.4. The van der Waals surface area contributed by atoms with Crippen molar-refractivity contribution in [3.63, 3.8) is 0 Å². The van der Waals surface area contributed by atoms with Gasteiger partial charge >= 0.3 is 0 Å². The molecule has 1 saturated carbocycles. The van der Waals surface area contributed by atoms with Crippen molar-refractivity contribution in [1.29, 1.82) is 0 Å². The standard InChI is InChI=1S/C20H14F2IN3O3S2/c1-2-5-20(6-7-20)31(28,29)18-11-9-14-16(24-25-30-14)15(22)17(11)26(19(18)27)13-4-3-10(23)8-12(13)21/h2-4,8-9,18H,1,5-7H2. The minimum atomic E-state index is -4.07. The highest BCUT2D eigenvalue weighted by Gasteiger charge is 2.61. The van der Waals surface area contributed by atoms with E-state index in [4.69, 9.17) is 0 Å². The molecule has 1 aliphatic carbocycles. The molecule has 2 aromatic carbocycles. The van der Waals surface area contributed by atoms with Crippen molar-refractivity contribution >= 4 is 71.5 Å². The van der Waals surface area contributed by atoms with Gasteiger partial charge in [0.05, 0.1) is 20.8 Å². The number of aromatic nitrogens is 2. The van der Waals surface area contributed by atoms with Gasteiger partial charge in [-0.25, -0.2) is 17.2 Å². The lowest BCUT2D eigenvalue weighted by molar-refractivity contribution is -0.117. The van der Waals surface area contributed by atoms with E-state index in [1.165, 1.54) is 24.3 Å². The maximum absolute atomic E-state index is 15.5. The van der Waals surface area contributed by atoms with Crippen molar-refractivity contribution in [1.82, 2.24) is 9.59 Å². The number of amides is 1. The van der Waals surface area contributed by atoms with Crippen molar-refractivity contribution < 1.29 is 22.0 Å². The Kier molecular flexibility index (Phi) is 4.72. The molecule has 5 rings (SSSR count). The summed E-state index contributed by atoms with van der Waals surface area (Å²) in [5.41, 5.74) is -0.584. The quantitative estimate of drug-likeness (QED) is 0.323. The zero-order valence-corrected chi connectivity index (χ0v) is 19.6. The smallest absolute Gasteiger partial charge is 0.254 e. The van der Waals surface area contributed by atoms with Crippen molar-refractivity contribution in [2.24, 2.45) is 0 Å². The molecule has 0 saturated heterocycles. The fourth-order valence-electron chi connectivity index (χ4n) is 4.14. The molecule has 0 radical (unpaired) electrons. The van der Waals surface area contributed by atoms with Gasteiger partial charge in [0.1, 0.15) is 11.3 Å². The van der Waals surface area contributed by atoms with Crippen LogP contribution in [0.5, 0.6) is 0 Å². The van der Waals surface area contributed by atoms with Crippen LogP contribution >= 0.6 is 34.1 Å². The third kappa shape index (κ3) is 2.89. The Labute approximate surface area is 194 Å². The zero-order valence-electron chi connectivity index (χ0n) is 15.8. The van der Waals surface area contributed by atoms with E-state index < -0.39 is 37.4 Å². The average molecular weight is 573 g/mol. The second-order valence-corrected chi connectivity index (χ2v) is 12.1. The van der Waals surface area contributed by atoms with E-state index in [0.717, 1.165) is 16.4 Å². The minimum Gasteiger partial charge on any atom is -0.273 e. The van der Waals surface area contributed by atoms with Crippen LogP contribution in [0.1, 0.15) is 30.1 Å². The maximum atomic E-state index is 15.5. The molecule has 0 N–H and O–H groups in total. The molecule has 11 heteroatoms. The highest BCUT2D eigenvalue weighted by atomic mass is 127. The number of hydrogen-bond donors (Lipinski definition) is 0. The fourth-order valence-corrected chi connectivity index (χ4v) is 7.61. The Morgan fingerprint density at radius 2 is 2.06 bits per heavy atom. The molecule has 1 unspecified atom stereocenters. The van der Waals surface area contributed by atoms with E-state index in [1.54, 1.807) is 6.07 Å². The van der Waals surface area contributed by atoms with Gasteiger partial charge in [-0.2, -0.15) is 0 Å². The van der Waals surface area contributed by atoms with Gasteiger partial charge in [-0.1, -0.05) is 10.6 Å². The van der Waals surface area contributed by atoms with Crippen LogP contribution in [0.2, 0.25) is 0 Å². The number of halogens is 3. The predicted molar refractivity (Wildman–Crippen MR) is 122 cm³/mol. The number of carbonyl (C=O) groups is 1. The molecule has 160 valence electrons. The van der Waals surface area contributed by atoms with Crippen LogP contribution in [0.25, 0.3) is 10.2 Å². The SMILES string of the molecule is C=CCC1(S(=O)(=O)C2C(=O)N(c3ccc(I)cc3F)c3c2cc2snnc2c3F)CC1. The van der Waals surface area contributed by atoms with Crippen molar-refractivity contribution in [2.75, 3.05) is 4.90 Å². The highest BCUT2D eigenvalue weighted by molar-refractivity contribution is 14.1. The number of hydrogen-bond acceptors (Lipinski definition) is 6. The average Bonchev–Trinajstić information content (AvgIpc) is 3.24. The Hall–Kier alpha value is -1.99. The maximum Gasteiger partial charge on any atom is 0.254 e. The lowest BCUT2D eigenvalue weighted by Gasteiger charge is -2.21.